The van der Waals surface area contributed by atoms with Crippen LogP contribution in [-0.4, -0.2) is 93.7 Å². The first-order valence-electron chi connectivity index (χ1n) is 11.3. The largest absolute Gasteiger partial charge is 0.412 e. The van der Waals surface area contributed by atoms with Gasteiger partial charge in [-0.2, -0.15) is 8.42 Å². The number of benzene rings is 2. The molecule has 2 saturated heterocycles. The van der Waals surface area contributed by atoms with Crippen molar-refractivity contribution in [3.05, 3.63) is 59.6 Å². The average Bonchev–Trinajstić information content (AvgIpc) is 3.19. The second-order valence-corrected chi connectivity index (χ2v) is 10.2. The lowest BCUT2D eigenvalue weighted by Gasteiger charge is -2.35. The Labute approximate surface area is 212 Å². The fourth-order valence-electron chi connectivity index (χ4n) is 4.11. The zero-order valence-corrected chi connectivity index (χ0v) is 21.4. The number of nitrogens with zero attached hydrogens (tertiary/aromatic N) is 3. The van der Waals surface area contributed by atoms with Gasteiger partial charge in [0.2, 0.25) is 5.91 Å². The number of piperazine rings is 1. The Morgan fingerprint density at radius 3 is 2.11 bits per heavy atom. The number of hydrogen-bond donors (Lipinski definition) is 1. The first-order chi connectivity index (χ1) is 16.3. The third-order valence-corrected chi connectivity index (χ3v) is 7.17. The SMILES string of the molecule is COCCN1CCN(C[C@H]2CCN(c3ccc(Cl)cc3)C2=O)CC1.O.O=S(=O)(O)c1ccccc1. The van der Waals surface area contributed by atoms with Crippen molar-refractivity contribution in [3.63, 3.8) is 0 Å². The molecule has 11 heteroatoms. The summed E-state index contributed by atoms with van der Waals surface area (Å²) in [6.45, 7) is 7.66. The molecular weight excluding hydrogens is 494 g/mol. The third kappa shape index (κ3) is 8.84. The van der Waals surface area contributed by atoms with Crippen LogP contribution in [0, 0.1) is 5.92 Å². The average molecular weight is 528 g/mol. The van der Waals surface area contributed by atoms with Crippen LogP contribution in [0.3, 0.4) is 0 Å². The first-order valence-corrected chi connectivity index (χ1v) is 13.1. The summed E-state index contributed by atoms with van der Waals surface area (Å²) in [5, 5.41) is 0.702. The molecule has 0 unspecified atom stereocenters. The molecule has 1 atom stereocenters. The normalized spacial score (nSPS) is 19.1. The van der Waals surface area contributed by atoms with Crippen molar-refractivity contribution in [3.8, 4) is 0 Å². The predicted molar refractivity (Wildman–Crippen MR) is 137 cm³/mol. The molecule has 1 amide bonds. The zero-order valence-electron chi connectivity index (χ0n) is 19.8. The fourth-order valence-corrected chi connectivity index (χ4v) is 4.73. The Morgan fingerprint density at radius 1 is 0.971 bits per heavy atom. The number of halogens is 1. The van der Waals surface area contributed by atoms with Gasteiger partial charge in [0.1, 0.15) is 0 Å². The van der Waals surface area contributed by atoms with Gasteiger partial charge in [0.15, 0.2) is 0 Å². The molecule has 4 rings (SSSR count). The number of rotatable bonds is 7. The van der Waals surface area contributed by atoms with E-state index >= 15 is 0 Å². The molecule has 2 aliphatic rings. The summed E-state index contributed by atoms with van der Waals surface area (Å²) < 4.78 is 34.4. The van der Waals surface area contributed by atoms with Gasteiger partial charge < -0.3 is 20.0 Å². The highest BCUT2D eigenvalue weighted by molar-refractivity contribution is 7.85. The molecule has 0 aliphatic carbocycles. The molecule has 2 fully saturated rings. The molecule has 2 aromatic carbocycles. The maximum atomic E-state index is 12.7. The van der Waals surface area contributed by atoms with Crippen LogP contribution in [-0.2, 0) is 19.6 Å². The van der Waals surface area contributed by atoms with Gasteiger partial charge in [-0.15, -0.1) is 0 Å². The number of carbonyl (C=O) groups is 1. The van der Waals surface area contributed by atoms with Crippen LogP contribution in [0.2, 0.25) is 5.02 Å². The van der Waals surface area contributed by atoms with Gasteiger partial charge in [0.25, 0.3) is 10.1 Å². The lowest BCUT2D eigenvalue weighted by Crippen LogP contribution is -2.49. The highest BCUT2D eigenvalue weighted by atomic mass is 35.5. The van der Waals surface area contributed by atoms with Crippen LogP contribution in [0.1, 0.15) is 6.42 Å². The minimum atomic E-state index is -4.00. The van der Waals surface area contributed by atoms with E-state index in [1.54, 1.807) is 25.3 Å². The third-order valence-electron chi connectivity index (χ3n) is 6.05. The van der Waals surface area contributed by atoms with E-state index in [1.165, 1.54) is 12.1 Å². The van der Waals surface area contributed by atoms with Gasteiger partial charge >= 0.3 is 0 Å². The molecule has 2 aliphatic heterocycles. The Bertz CT molecular complexity index is 1020. The Hall–Kier alpha value is -2.05. The van der Waals surface area contributed by atoms with E-state index in [9.17, 15) is 13.2 Å². The van der Waals surface area contributed by atoms with Crippen molar-refractivity contribution < 1.29 is 28.0 Å². The molecule has 0 saturated carbocycles. The molecular formula is C24H34ClN3O6S. The highest BCUT2D eigenvalue weighted by Crippen LogP contribution is 2.27. The molecule has 0 spiro atoms. The van der Waals surface area contributed by atoms with E-state index in [1.807, 2.05) is 29.2 Å². The van der Waals surface area contributed by atoms with Crippen LogP contribution in [0.5, 0.6) is 0 Å². The maximum absolute atomic E-state index is 12.7. The lowest BCUT2D eigenvalue weighted by molar-refractivity contribution is -0.121. The van der Waals surface area contributed by atoms with E-state index in [0.717, 1.165) is 64.5 Å². The van der Waals surface area contributed by atoms with Gasteiger partial charge in [0, 0.05) is 63.6 Å². The second kappa shape index (κ2) is 13.9. The van der Waals surface area contributed by atoms with Gasteiger partial charge in [-0.1, -0.05) is 29.8 Å². The monoisotopic (exact) mass is 527 g/mol. The van der Waals surface area contributed by atoms with E-state index in [0.29, 0.717) is 5.02 Å². The Kier molecular flexibility index (Phi) is 11.6. The van der Waals surface area contributed by atoms with E-state index in [2.05, 4.69) is 9.80 Å². The Balaban J connectivity index is 0.000000332. The smallest absolute Gasteiger partial charge is 0.294 e. The summed E-state index contributed by atoms with van der Waals surface area (Å²) in [7, 11) is -2.26. The lowest BCUT2D eigenvalue weighted by atomic mass is 10.1. The van der Waals surface area contributed by atoms with Crippen molar-refractivity contribution in [1.82, 2.24) is 9.80 Å². The number of ether oxygens (including phenoxy) is 1. The molecule has 0 aromatic heterocycles. The van der Waals surface area contributed by atoms with Gasteiger partial charge in [-0.05, 0) is 42.8 Å². The van der Waals surface area contributed by atoms with E-state index in [-0.39, 0.29) is 22.2 Å². The van der Waals surface area contributed by atoms with Crippen LogP contribution in [0.15, 0.2) is 59.5 Å². The molecule has 2 aromatic rings. The van der Waals surface area contributed by atoms with Gasteiger partial charge in [-0.3, -0.25) is 14.2 Å². The second-order valence-electron chi connectivity index (χ2n) is 8.38. The summed E-state index contributed by atoms with van der Waals surface area (Å²) in [6, 6.07) is 15.0. The number of anilines is 1. The minimum Gasteiger partial charge on any atom is -0.412 e. The van der Waals surface area contributed by atoms with Crippen molar-refractivity contribution >= 4 is 33.3 Å². The number of carbonyl (C=O) groups excluding carboxylic acids is 1. The van der Waals surface area contributed by atoms with Crippen molar-refractivity contribution in [2.24, 2.45) is 5.92 Å². The van der Waals surface area contributed by atoms with Crippen LogP contribution >= 0.6 is 11.6 Å². The fraction of sp³-hybridized carbons (Fsp3) is 0.458. The van der Waals surface area contributed by atoms with E-state index in [4.69, 9.17) is 20.9 Å². The van der Waals surface area contributed by atoms with Crippen molar-refractivity contribution in [1.29, 1.82) is 0 Å². The first kappa shape index (κ1) is 29.2. The summed E-state index contributed by atoms with van der Waals surface area (Å²) in [4.78, 5) is 19.4. The Morgan fingerprint density at radius 2 is 1.57 bits per heavy atom. The summed E-state index contributed by atoms with van der Waals surface area (Å²) in [5.74, 6) is 0.366. The molecule has 35 heavy (non-hydrogen) atoms. The number of methoxy groups -OCH3 is 1. The summed E-state index contributed by atoms with van der Waals surface area (Å²) in [5.41, 5.74) is 0.955. The van der Waals surface area contributed by atoms with Crippen LogP contribution in [0.4, 0.5) is 5.69 Å². The molecule has 0 radical (unpaired) electrons. The van der Waals surface area contributed by atoms with Gasteiger partial charge in [0.05, 0.1) is 17.4 Å². The summed E-state index contributed by atoms with van der Waals surface area (Å²) in [6.07, 6.45) is 0.936. The highest BCUT2D eigenvalue weighted by Gasteiger charge is 2.34. The van der Waals surface area contributed by atoms with Crippen molar-refractivity contribution in [2.75, 3.05) is 64.4 Å². The molecule has 3 N–H and O–H groups in total. The predicted octanol–water partition coefficient (Wildman–Crippen LogP) is 2.07. The number of amides is 1. The van der Waals surface area contributed by atoms with Crippen LogP contribution in [0.25, 0.3) is 0 Å². The molecule has 0 bridgehead atoms. The van der Waals surface area contributed by atoms with E-state index < -0.39 is 10.1 Å². The molecule has 194 valence electrons. The molecule has 2 heterocycles. The number of hydrogen-bond acceptors (Lipinski definition) is 6. The minimum absolute atomic E-state index is 0. The topological polar surface area (TPSA) is 122 Å². The maximum Gasteiger partial charge on any atom is 0.294 e. The molecule has 9 nitrogen and oxygen atoms in total. The van der Waals surface area contributed by atoms with Gasteiger partial charge in [-0.25, -0.2) is 0 Å². The van der Waals surface area contributed by atoms with Crippen molar-refractivity contribution in [2.45, 2.75) is 11.3 Å². The van der Waals surface area contributed by atoms with Crippen LogP contribution < -0.4 is 4.90 Å². The summed E-state index contributed by atoms with van der Waals surface area (Å²) >= 11 is 5.93. The zero-order chi connectivity index (χ0) is 24.6. The standard InChI is InChI=1S/C18H26ClN3O2.C6H6O3S.H2O/c1-24-13-12-20-8-10-21(11-9-20)14-15-6-7-22(18(15)23)17-4-2-16(19)3-5-17;7-10(8,9)6-4-2-1-3-5-6;/h2-5,15H,6-14H2,1H3;1-5H,(H,7,8,9);1H2/t15-;;/m1../s1. The quantitative estimate of drug-likeness (QED) is 0.547.